The van der Waals surface area contributed by atoms with Gasteiger partial charge in [-0.05, 0) is 50.2 Å². The lowest BCUT2D eigenvalue weighted by atomic mass is 10.2. The van der Waals surface area contributed by atoms with Crippen LogP contribution in [0.15, 0.2) is 53.7 Å². The molecule has 0 saturated carbocycles. The second-order valence-electron chi connectivity index (χ2n) is 7.33. The molecule has 2 amide bonds. The van der Waals surface area contributed by atoms with Crippen LogP contribution in [0.3, 0.4) is 0 Å². The molecule has 1 aromatic heterocycles. The maximum absolute atomic E-state index is 13.0. The highest BCUT2D eigenvalue weighted by Crippen LogP contribution is 2.32. The fourth-order valence-corrected chi connectivity index (χ4v) is 4.38. The van der Waals surface area contributed by atoms with Gasteiger partial charge in [-0.25, -0.2) is 0 Å². The van der Waals surface area contributed by atoms with Gasteiger partial charge in [0.1, 0.15) is 12.3 Å². The largest absolute Gasteiger partial charge is 0.497 e. The molecule has 4 rings (SSSR count). The van der Waals surface area contributed by atoms with E-state index in [2.05, 4.69) is 15.5 Å². The second-order valence-corrected chi connectivity index (χ2v) is 8.27. The Balaban J connectivity index is 1.54. The summed E-state index contributed by atoms with van der Waals surface area (Å²) in [6.45, 7) is 4.10. The third kappa shape index (κ3) is 4.27. The summed E-state index contributed by atoms with van der Waals surface area (Å²) in [5.74, 6) is 1.29. The van der Waals surface area contributed by atoms with E-state index in [-0.39, 0.29) is 30.2 Å². The third-order valence-corrected chi connectivity index (χ3v) is 5.85. The van der Waals surface area contributed by atoms with Gasteiger partial charge in [-0.15, -0.1) is 10.2 Å². The zero-order valence-corrected chi connectivity index (χ0v) is 18.3. The molecule has 160 valence electrons. The average molecular weight is 438 g/mol. The van der Waals surface area contributed by atoms with Crippen molar-refractivity contribution in [1.82, 2.24) is 14.8 Å². The molecule has 0 atom stereocenters. The lowest BCUT2D eigenvalue weighted by molar-refractivity contribution is -0.120. The Hall–Kier alpha value is -3.33. The number of ether oxygens (including phenoxy) is 1. The number of para-hydroxylation sites is 2. The van der Waals surface area contributed by atoms with Crippen molar-refractivity contribution in [3.63, 3.8) is 0 Å². The highest BCUT2D eigenvalue weighted by Gasteiger charge is 2.27. The third-order valence-electron chi connectivity index (χ3n) is 4.93. The van der Waals surface area contributed by atoms with Crippen LogP contribution in [0.2, 0.25) is 0 Å². The average Bonchev–Trinajstić information content (AvgIpc) is 3.21. The maximum atomic E-state index is 13.0. The first kappa shape index (κ1) is 20.9. The van der Waals surface area contributed by atoms with Crippen molar-refractivity contribution in [3.05, 3.63) is 48.5 Å². The van der Waals surface area contributed by atoms with Gasteiger partial charge in [0.15, 0.2) is 11.0 Å². The molecule has 9 heteroatoms. The zero-order valence-electron chi connectivity index (χ0n) is 17.5. The molecule has 3 aromatic rings. The lowest BCUT2D eigenvalue weighted by Crippen LogP contribution is -2.43. The normalized spacial score (nSPS) is 13.2. The number of benzene rings is 2. The molecule has 0 radical (unpaired) electrons. The maximum Gasteiger partial charge on any atom is 0.244 e. The monoisotopic (exact) mass is 437 g/mol. The van der Waals surface area contributed by atoms with E-state index in [1.807, 2.05) is 60.9 Å². The van der Waals surface area contributed by atoms with E-state index in [0.29, 0.717) is 16.5 Å². The number of rotatable bonds is 6. The van der Waals surface area contributed by atoms with Crippen LogP contribution in [0.25, 0.3) is 11.4 Å². The van der Waals surface area contributed by atoms with Gasteiger partial charge >= 0.3 is 0 Å². The lowest BCUT2D eigenvalue weighted by Gasteiger charge is -2.29. The van der Waals surface area contributed by atoms with E-state index >= 15 is 0 Å². The summed E-state index contributed by atoms with van der Waals surface area (Å²) in [6.07, 6.45) is 0. The topological polar surface area (TPSA) is 89.4 Å². The van der Waals surface area contributed by atoms with E-state index in [9.17, 15) is 9.59 Å². The van der Waals surface area contributed by atoms with Crippen molar-refractivity contribution in [3.8, 4) is 17.1 Å². The molecule has 2 heterocycles. The molecule has 2 aromatic carbocycles. The summed E-state index contributed by atoms with van der Waals surface area (Å²) in [4.78, 5) is 26.5. The summed E-state index contributed by atoms with van der Waals surface area (Å²) in [6, 6.07) is 15.0. The quantitative estimate of drug-likeness (QED) is 0.593. The summed E-state index contributed by atoms with van der Waals surface area (Å²) in [5, 5.41) is 12.1. The number of anilines is 2. The van der Waals surface area contributed by atoms with Crippen LogP contribution < -0.4 is 15.0 Å². The van der Waals surface area contributed by atoms with Crippen molar-refractivity contribution >= 4 is 35.0 Å². The Labute approximate surface area is 184 Å². The molecular formula is C22H23N5O3S. The molecule has 0 bridgehead atoms. The molecule has 8 nitrogen and oxygen atoms in total. The molecule has 0 unspecified atom stereocenters. The van der Waals surface area contributed by atoms with E-state index in [1.54, 1.807) is 13.2 Å². The van der Waals surface area contributed by atoms with Gasteiger partial charge in [0.05, 0.1) is 24.2 Å². The van der Waals surface area contributed by atoms with Crippen LogP contribution in [0, 0.1) is 0 Å². The number of hydrogen-bond acceptors (Lipinski definition) is 6. The Kier molecular flexibility index (Phi) is 5.94. The van der Waals surface area contributed by atoms with Crippen molar-refractivity contribution in [2.24, 2.45) is 0 Å². The standard InChI is InChI=1S/C22H23N5O3S/c1-14(2)27-21(15-8-10-16(30-3)11-9-15)24-25-22(27)31-13-20(29)26-12-19(28)23-17-6-4-5-7-18(17)26/h4-11,14H,12-13H2,1-3H3,(H,23,28). The molecule has 1 N–H and O–H groups in total. The molecular weight excluding hydrogens is 414 g/mol. The number of aromatic nitrogens is 3. The van der Waals surface area contributed by atoms with Crippen LogP contribution in [-0.2, 0) is 9.59 Å². The van der Waals surface area contributed by atoms with Crippen LogP contribution >= 0.6 is 11.8 Å². The van der Waals surface area contributed by atoms with E-state index in [0.717, 1.165) is 17.1 Å². The number of carbonyl (C=O) groups excluding carboxylic acids is 2. The summed E-state index contributed by atoms with van der Waals surface area (Å²) >= 11 is 1.32. The molecule has 0 saturated heterocycles. The number of hydrogen-bond donors (Lipinski definition) is 1. The van der Waals surface area contributed by atoms with Gasteiger partial charge in [0.2, 0.25) is 11.8 Å². The zero-order chi connectivity index (χ0) is 22.0. The van der Waals surface area contributed by atoms with Crippen LogP contribution in [0.1, 0.15) is 19.9 Å². The van der Waals surface area contributed by atoms with Gasteiger partial charge in [0, 0.05) is 11.6 Å². The van der Waals surface area contributed by atoms with Crippen molar-refractivity contribution in [2.45, 2.75) is 25.0 Å². The number of amides is 2. The Morgan fingerprint density at radius 1 is 1.16 bits per heavy atom. The smallest absolute Gasteiger partial charge is 0.244 e. The van der Waals surface area contributed by atoms with Gasteiger partial charge in [-0.1, -0.05) is 23.9 Å². The molecule has 31 heavy (non-hydrogen) atoms. The van der Waals surface area contributed by atoms with Gasteiger partial charge < -0.3 is 15.0 Å². The van der Waals surface area contributed by atoms with Gasteiger partial charge in [0.25, 0.3) is 0 Å². The summed E-state index contributed by atoms with van der Waals surface area (Å²) in [7, 11) is 1.63. The van der Waals surface area contributed by atoms with Gasteiger partial charge in [-0.3, -0.25) is 14.2 Å². The highest BCUT2D eigenvalue weighted by molar-refractivity contribution is 7.99. The molecule has 1 aliphatic rings. The van der Waals surface area contributed by atoms with Gasteiger partial charge in [-0.2, -0.15) is 0 Å². The van der Waals surface area contributed by atoms with Crippen LogP contribution in [0.4, 0.5) is 11.4 Å². The SMILES string of the molecule is COc1ccc(-c2nnc(SCC(=O)N3CC(=O)Nc4ccccc43)n2C(C)C)cc1. The first-order chi connectivity index (χ1) is 15.0. The number of thioether (sulfide) groups is 1. The van der Waals surface area contributed by atoms with Crippen molar-refractivity contribution in [1.29, 1.82) is 0 Å². The fraction of sp³-hybridized carbons (Fsp3) is 0.273. The molecule has 0 spiro atoms. The Morgan fingerprint density at radius 3 is 2.61 bits per heavy atom. The first-order valence-corrected chi connectivity index (χ1v) is 10.9. The Bertz CT molecular complexity index is 1110. The van der Waals surface area contributed by atoms with Crippen LogP contribution in [-0.4, -0.2) is 46.0 Å². The van der Waals surface area contributed by atoms with E-state index < -0.39 is 0 Å². The number of nitrogens with zero attached hydrogens (tertiary/aromatic N) is 4. The van der Waals surface area contributed by atoms with Crippen molar-refractivity contribution in [2.75, 3.05) is 29.6 Å². The molecule has 0 fully saturated rings. The highest BCUT2D eigenvalue weighted by atomic mass is 32.2. The number of fused-ring (bicyclic) bond motifs is 1. The minimum absolute atomic E-state index is 0.00434. The minimum Gasteiger partial charge on any atom is -0.497 e. The first-order valence-electron chi connectivity index (χ1n) is 9.89. The minimum atomic E-state index is -0.204. The fourth-order valence-electron chi connectivity index (χ4n) is 3.44. The number of carbonyl (C=O) groups is 2. The second kappa shape index (κ2) is 8.81. The predicted molar refractivity (Wildman–Crippen MR) is 121 cm³/mol. The Morgan fingerprint density at radius 2 is 1.90 bits per heavy atom. The number of nitrogens with one attached hydrogen (secondary N) is 1. The van der Waals surface area contributed by atoms with Crippen LogP contribution in [0.5, 0.6) is 5.75 Å². The predicted octanol–water partition coefficient (Wildman–Crippen LogP) is 3.61. The molecule has 1 aliphatic heterocycles. The summed E-state index contributed by atoms with van der Waals surface area (Å²) < 4.78 is 7.24. The van der Waals surface area contributed by atoms with E-state index in [1.165, 1.54) is 16.7 Å². The van der Waals surface area contributed by atoms with Crippen molar-refractivity contribution < 1.29 is 14.3 Å². The summed E-state index contributed by atoms with van der Waals surface area (Å²) in [5.41, 5.74) is 2.27. The van der Waals surface area contributed by atoms with E-state index in [4.69, 9.17) is 4.74 Å². The molecule has 0 aliphatic carbocycles. The number of methoxy groups -OCH3 is 1.